The van der Waals surface area contributed by atoms with E-state index in [9.17, 15) is 9.36 Å². The van der Waals surface area contributed by atoms with Crippen molar-refractivity contribution in [2.75, 3.05) is 0 Å². The van der Waals surface area contributed by atoms with Crippen LogP contribution in [0.5, 0.6) is 0 Å². The van der Waals surface area contributed by atoms with Gasteiger partial charge >= 0.3 is 13.8 Å². The Hall–Kier alpha value is -0.620. The third kappa shape index (κ3) is 2.43. The SMILES string of the molecule is O=C(O)N(O)P(=O)(O)O. The van der Waals surface area contributed by atoms with Crippen molar-refractivity contribution >= 4 is 13.8 Å². The van der Waals surface area contributed by atoms with Crippen LogP contribution in [0.15, 0.2) is 0 Å². The Balaban J connectivity index is 4.23. The van der Waals surface area contributed by atoms with Gasteiger partial charge in [0.1, 0.15) is 0 Å². The number of amides is 1. The van der Waals surface area contributed by atoms with Gasteiger partial charge in [-0.1, -0.05) is 4.83 Å². The molecule has 0 unspecified atom stereocenters. The zero-order chi connectivity index (χ0) is 7.65. The lowest BCUT2D eigenvalue weighted by Crippen LogP contribution is -2.21. The molecule has 8 heteroatoms. The van der Waals surface area contributed by atoms with Crippen LogP contribution < -0.4 is 0 Å². The maximum absolute atomic E-state index is 9.76. The van der Waals surface area contributed by atoms with Gasteiger partial charge in [-0.2, -0.15) is 0 Å². The van der Waals surface area contributed by atoms with Crippen LogP contribution >= 0.6 is 7.75 Å². The average Bonchev–Trinajstić information content (AvgIpc) is 1.62. The van der Waals surface area contributed by atoms with E-state index in [1.165, 1.54) is 0 Å². The third-order valence-corrected chi connectivity index (χ3v) is 1.08. The lowest BCUT2D eigenvalue weighted by molar-refractivity contribution is -0.00989. The molecule has 1 amide bonds. The van der Waals surface area contributed by atoms with E-state index in [2.05, 4.69) is 0 Å². The van der Waals surface area contributed by atoms with Crippen LogP contribution in [-0.2, 0) is 4.57 Å². The van der Waals surface area contributed by atoms with E-state index in [-0.39, 0.29) is 0 Å². The third-order valence-electron chi connectivity index (χ3n) is 0.418. The number of carboxylic acid groups (broad SMARTS) is 1. The van der Waals surface area contributed by atoms with E-state index in [1.54, 1.807) is 0 Å². The molecule has 0 aliphatic heterocycles. The Morgan fingerprint density at radius 3 is 1.78 bits per heavy atom. The summed E-state index contributed by atoms with van der Waals surface area (Å²) in [5, 5.41) is 15.6. The molecular weight excluding hydrogens is 153 g/mol. The number of hydrogen-bond acceptors (Lipinski definition) is 3. The molecular formula is CH4NO6P. The highest BCUT2D eigenvalue weighted by Gasteiger charge is 2.28. The Bertz CT molecular complexity index is 158. The summed E-state index contributed by atoms with van der Waals surface area (Å²) in [6.45, 7) is 0. The van der Waals surface area contributed by atoms with Crippen molar-refractivity contribution in [2.24, 2.45) is 0 Å². The van der Waals surface area contributed by atoms with Crippen LogP contribution in [0, 0.1) is 0 Å². The predicted molar refractivity (Wildman–Crippen MR) is 23.7 cm³/mol. The molecule has 0 radical (unpaired) electrons. The molecule has 0 aliphatic rings. The molecule has 4 N–H and O–H groups in total. The first-order valence-corrected chi connectivity index (χ1v) is 3.20. The summed E-state index contributed by atoms with van der Waals surface area (Å²) >= 11 is 0. The van der Waals surface area contributed by atoms with Gasteiger partial charge in [0.25, 0.3) is 0 Å². The largest absolute Gasteiger partial charge is 0.463 e. The van der Waals surface area contributed by atoms with E-state index in [0.717, 1.165) is 0 Å². The minimum atomic E-state index is -5.02. The number of nitrogens with zero attached hydrogens (tertiary/aromatic N) is 1. The summed E-state index contributed by atoms with van der Waals surface area (Å²) in [6, 6.07) is 0. The second-order valence-electron chi connectivity index (χ2n) is 1.09. The lowest BCUT2D eigenvalue weighted by atomic mass is 11.3. The zero-order valence-corrected chi connectivity index (χ0v) is 4.89. The number of hydrogen-bond donors (Lipinski definition) is 4. The second-order valence-corrected chi connectivity index (χ2v) is 2.49. The van der Waals surface area contributed by atoms with Gasteiger partial charge in [0, 0.05) is 0 Å². The number of carbonyl (C=O) groups is 1. The zero-order valence-electron chi connectivity index (χ0n) is 4.00. The molecule has 0 aromatic carbocycles. The Morgan fingerprint density at radius 2 is 1.78 bits per heavy atom. The Morgan fingerprint density at radius 1 is 1.44 bits per heavy atom. The van der Waals surface area contributed by atoms with Gasteiger partial charge in [-0.3, -0.25) is 5.21 Å². The van der Waals surface area contributed by atoms with Crippen molar-refractivity contribution in [1.82, 2.24) is 4.83 Å². The van der Waals surface area contributed by atoms with Gasteiger partial charge in [-0.25, -0.2) is 9.36 Å². The standard InChI is InChI=1S/CH4NO6P/c3-1(4)2(5)9(6,7)8/h5H,(H,3,4)(H2,6,7,8). The van der Waals surface area contributed by atoms with Crippen LogP contribution in [0.1, 0.15) is 0 Å². The van der Waals surface area contributed by atoms with Crippen molar-refractivity contribution in [1.29, 1.82) is 0 Å². The topological polar surface area (TPSA) is 118 Å². The summed E-state index contributed by atoms with van der Waals surface area (Å²) < 4.78 is 9.76. The fourth-order valence-corrected chi connectivity index (χ4v) is 0.334. The van der Waals surface area contributed by atoms with Crippen LogP contribution in [0.4, 0.5) is 4.79 Å². The van der Waals surface area contributed by atoms with Gasteiger partial charge in [0.15, 0.2) is 0 Å². The van der Waals surface area contributed by atoms with Crippen molar-refractivity contribution in [3.05, 3.63) is 0 Å². The molecule has 0 saturated carbocycles. The quantitative estimate of drug-likeness (QED) is 0.230. The molecule has 0 aliphatic carbocycles. The minimum Gasteiger partial charge on any atom is -0.463 e. The number of hydroxylamine groups is 1. The Labute approximate surface area is 49.3 Å². The highest BCUT2D eigenvalue weighted by atomic mass is 31.2. The first kappa shape index (κ1) is 8.38. The van der Waals surface area contributed by atoms with Gasteiger partial charge in [-0.05, 0) is 0 Å². The first-order valence-electron chi connectivity index (χ1n) is 1.63. The van der Waals surface area contributed by atoms with E-state index < -0.39 is 18.7 Å². The van der Waals surface area contributed by atoms with Crippen LogP contribution in [0.25, 0.3) is 0 Å². The van der Waals surface area contributed by atoms with Crippen LogP contribution in [0.3, 0.4) is 0 Å². The van der Waals surface area contributed by atoms with Gasteiger partial charge in [0.2, 0.25) is 0 Å². The molecule has 0 heterocycles. The first-order chi connectivity index (χ1) is 3.85. The average molecular weight is 157 g/mol. The summed E-state index contributed by atoms with van der Waals surface area (Å²) in [4.78, 5) is 24.2. The Kier molecular flexibility index (Phi) is 2.16. The highest BCUT2D eigenvalue weighted by molar-refractivity contribution is 7.49. The van der Waals surface area contributed by atoms with E-state index in [4.69, 9.17) is 20.1 Å². The molecule has 0 aromatic rings. The maximum Gasteiger partial charge on any atom is 0.459 e. The van der Waals surface area contributed by atoms with Crippen molar-refractivity contribution in [3.63, 3.8) is 0 Å². The van der Waals surface area contributed by atoms with Crippen LogP contribution in [-0.4, -0.2) is 31.0 Å². The van der Waals surface area contributed by atoms with E-state index >= 15 is 0 Å². The molecule has 0 fully saturated rings. The monoisotopic (exact) mass is 157 g/mol. The molecule has 0 atom stereocenters. The molecule has 0 spiro atoms. The summed E-state index contributed by atoms with van der Waals surface area (Å²) in [5.41, 5.74) is 0. The molecule has 7 nitrogen and oxygen atoms in total. The van der Waals surface area contributed by atoms with Gasteiger partial charge in [0.05, 0.1) is 0 Å². The molecule has 0 aromatic heterocycles. The normalized spacial score (nSPS) is 11.0. The van der Waals surface area contributed by atoms with E-state index in [1.807, 2.05) is 0 Å². The molecule has 0 saturated heterocycles. The van der Waals surface area contributed by atoms with Crippen molar-refractivity contribution in [2.45, 2.75) is 0 Å². The molecule has 0 rings (SSSR count). The fraction of sp³-hybridized carbons (Fsp3) is 0. The summed E-state index contributed by atoms with van der Waals surface area (Å²) in [7, 11) is -5.02. The fourth-order valence-electron chi connectivity index (χ4n) is 0.111. The van der Waals surface area contributed by atoms with Crippen LogP contribution in [0.2, 0.25) is 0 Å². The van der Waals surface area contributed by atoms with E-state index in [0.29, 0.717) is 0 Å². The number of rotatable bonds is 1. The molecule has 9 heavy (non-hydrogen) atoms. The van der Waals surface area contributed by atoms with Gasteiger partial charge in [-0.15, -0.1) is 0 Å². The highest BCUT2D eigenvalue weighted by Crippen LogP contribution is 2.37. The van der Waals surface area contributed by atoms with Crippen molar-refractivity contribution < 1.29 is 29.5 Å². The smallest absolute Gasteiger partial charge is 0.459 e. The second kappa shape index (κ2) is 2.32. The predicted octanol–water partition coefficient (Wildman–Crippen LogP) is -0.552. The summed E-state index contributed by atoms with van der Waals surface area (Å²) in [5.74, 6) is 0. The molecule has 0 bridgehead atoms. The lowest BCUT2D eigenvalue weighted by Gasteiger charge is -2.09. The minimum absolute atomic E-state index is 1.06. The maximum atomic E-state index is 9.76. The van der Waals surface area contributed by atoms with Gasteiger partial charge < -0.3 is 14.9 Å². The molecule has 54 valence electrons. The van der Waals surface area contributed by atoms with Crippen molar-refractivity contribution in [3.8, 4) is 0 Å². The summed E-state index contributed by atoms with van der Waals surface area (Å²) in [6.07, 6.45) is -2.09.